The molecule has 27 heavy (non-hydrogen) atoms. The van der Waals surface area contributed by atoms with Crippen LogP contribution in [0.3, 0.4) is 0 Å². The van der Waals surface area contributed by atoms with E-state index in [0.717, 1.165) is 12.8 Å². The van der Waals surface area contributed by atoms with Crippen molar-refractivity contribution in [2.45, 2.75) is 46.3 Å². The van der Waals surface area contributed by atoms with Gasteiger partial charge in [-0.25, -0.2) is 0 Å². The van der Waals surface area contributed by atoms with Crippen molar-refractivity contribution in [3.63, 3.8) is 0 Å². The van der Waals surface area contributed by atoms with Gasteiger partial charge in [0.1, 0.15) is 8.24 Å². The maximum Gasteiger partial charge on any atom is 0.212 e. The molecule has 0 saturated carbocycles. The van der Waals surface area contributed by atoms with Crippen molar-refractivity contribution < 1.29 is 0 Å². The molecule has 0 aliphatic heterocycles. The molecule has 0 fully saturated rings. The molecule has 0 aromatic heterocycles. The van der Waals surface area contributed by atoms with E-state index < -0.39 is 16.5 Å². The molecule has 0 spiro atoms. The summed E-state index contributed by atoms with van der Waals surface area (Å²) in [6.07, 6.45) is 7.02. The van der Waals surface area contributed by atoms with Crippen LogP contribution in [0.2, 0.25) is 19.6 Å². The van der Waals surface area contributed by atoms with Crippen molar-refractivity contribution in [2.75, 3.05) is 0 Å². The fourth-order valence-electron chi connectivity index (χ4n) is 4.25. The smallest absolute Gasteiger partial charge is 0.212 e. The molecule has 0 bridgehead atoms. The van der Waals surface area contributed by atoms with Crippen LogP contribution in [0.5, 0.6) is 0 Å². The first kappa shape index (κ1) is 20.1. The number of hydrogen-bond acceptors (Lipinski definition) is 1. The minimum absolute atomic E-state index is 0.669. The summed E-state index contributed by atoms with van der Waals surface area (Å²) < 4.78 is 4.33. The summed E-state index contributed by atoms with van der Waals surface area (Å²) >= 11 is 0. The molecular weight excluding hydrogens is 358 g/mol. The van der Waals surface area contributed by atoms with Crippen LogP contribution in [0.25, 0.3) is 0 Å². The normalized spacial score (nSPS) is 15.0. The van der Waals surface area contributed by atoms with E-state index in [2.05, 4.69) is 111 Å². The predicted octanol–water partition coefficient (Wildman–Crippen LogP) is 5.01. The Kier molecular flexibility index (Phi) is 6.04. The lowest BCUT2D eigenvalue weighted by Gasteiger charge is -2.41. The fourth-order valence-corrected chi connectivity index (χ4v) is 14.0. The summed E-state index contributed by atoms with van der Waals surface area (Å²) in [7, 11) is -3.80. The molecule has 0 saturated heterocycles. The molecule has 0 radical (unpaired) electrons. The molecule has 3 heteroatoms. The molecular formula is C24H33NSi2. The Morgan fingerprint density at radius 2 is 1.37 bits per heavy atom. The quantitative estimate of drug-likeness (QED) is 0.654. The number of nitrogens with one attached hydrogen (secondary N) is 1. The molecule has 0 heterocycles. The second-order valence-corrected chi connectivity index (χ2v) is 17.8. The average Bonchev–Trinajstić information content (AvgIpc) is 3.08. The van der Waals surface area contributed by atoms with E-state index in [1.165, 1.54) is 10.4 Å². The van der Waals surface area contributed by atoms with E-state index in [4.69, 9.17) is 0 Å². The second kappa shape index (κ2) is 8.13. The van der Waals surface area contributed by atoms with Crippen LogP contribution in [-0.2, 0) is 0 Å². The lowest BCUT2D eigenvalue weighted by Crippen LogP contribution is -2.75. The largest absolute Gasteiger partial charge is 0.349 e. The van der Waals surface area contributed by atoms with Crippen molar-refractivity contribution in [3.8, 4) is 0 Å². The Balaban J connectivity index is 2.31. The minimum atomic E-state index is -2.25. The molecule has 1 N–H and O–H groups in total. The molecule has 142 valence electrons. The summed E-state index contributed by atoms with van der Waals surface area (Å²) in [4.78, 5) is 0. The molecule has 1 nitrogen and oxygen atoms in total. The van der Waals surface area contributed by atoms with E-state index in [1.807, 2.05) is 0 Å². The highest BCUT2D eigenvalue weighted by atomic mass is 28.4. The van der Waals surface area contributed by atoms with Gasteiger partial charge in [-0.15, -0.1) is 0 Å². The molecule has 2 aromatic carbocycles. The monoisotopic (exact) mass is 391 g/mol. The first-order valence-corrected chi connectivity index (χ1v) is 15.6. The highest BCUT2D eigenvalue weighted by Gasteiger charge is 2.45. The van der Waals surface area contributed by atoms with E-state index in [-0.39, 0.29) is 0 Å². The average molecular weight is 392 g/mol. The van der Waals surface area contributed by atoms with E-state index in [0.29, 0.717) is 5.92 Å². The highest BCUT2D eigenvalue weighted by Crippen LogP contribution is 2.31. The zero-order valence-corrected chi connectivity index (χ0v) is 19.4. The van der Waals surface area contributed by atoms with Crippen molar-refractivity contribution in [1.29, 1.82) is 0 Å². The molecule has 1 aliphatic carbocycles. The van der Waals surface area contributed by atoms with Gasteiger partial charge < -0.3 is 4.65 Å². The molecule has 1 aliphatic rings. The summed E-state index contributed by atoms with van der Waals surface area (Å²) in [5.41, 5.74) is 1.56. The number of rotatable bonds is 7. The van der Waals surface area contributed by atoms with Gasteiger partial charge in [-0.1, -0.05) is 117 Å². The predicted molar refractivity (Wildman–Crippen MR) is 125 cm³/mol. The fraction of sp³-hybridized carbons (Fsp3) is 0.333. The standard InChI is InChI=1S/C24H33NSi2/c1-20(2)19-21-13-12-18-24(21)27(25-26(3,4)5,22-14-8-6-9-15-22)23-16-10-7-11-17-23/h6-17,20,25H,18-19H2,1-5H3. The SMILES string of the molecule is CC(C)CC1=C([Si](N[Si](C)(C)C)(c2ccccc2)c2ccccc2)CC=C1. The Morgan fingerprint density at radius 1 is 0.852 bits per heavy atom. The Morgan fingerprint density at radius 3 is 1.81 bits per heavy atom. The van der Waals surface area contributed by atoms with Gasteiger partial charge in [-0.2, -0.15) is 0 Å². The van der Waals surface area contributed by atoms with Gasteiger partial charge in [0.2, 0.25) is 8.24 Å². The Labute approximate surface area is 167 Å². The van der Waals surface area contributed by atoms with Crippen LogP contribution in [0.4, 0.5) is 0 Å². The molecule has 2 aromatic rings. The second-order valence-electron chi connectivity index (χ2n) is 9.07. The van der Waals surface area contributed by atoms with Gasteiger partial charge >= 0.3 is 0 Å². The third kappa shape index (κ3) is 4.42. The van der Waals surface area contributed by atoms with Crippen LogP contribution in [-0.4, -0.2) is 16.5 Å². The van der Waals surface area contributed by atoms with Gasteiger partial charge in [0, 0.05) is 0 Å². The molecule has 0 atom stereocenters. The zero-order valence-electron chi connectivity index (χ0n) is 17.4. The summed E-state index contributed by atoms with van der Waals surface area (Å²) in [5.74, 6) is 0.669. The van der Waals surface area contributed by atoms with Crippen LogP contribution in [0.15, 0.2) is 83.6 Å². The van der Waals surface area contributed by atoms with Gasteiger partial charge in [0.05, 0.1) is 0 Å². The third-order valence-electron chi connectivity index (χ3n) is 5.09. The summed E-state index contributed by atoms with van der Waals surface area (Å²) in [6.45, 7) is 12.0. The van der Waals surface area contributed by atoms with Crippen LogP contribution >= 0.6 is 0 Å². The Hall–Kier alpha value is -1.69. The van der Waals surface area contributed by atoms with Gasteiger partial charge in [-0.3, -0.25) is 0 Å². The van der Waals surface area contributed by atoms with Crippen LogP contribution in [0, 0.1) is 5.92 Å². The van der Waals surface area contributed by atoms with Crippen molar-refractivity contribution in [2.24, 2.45) is 5.92 Å². The minimum Gasteiger partial charge on any atom is -0.349 e. The zero-order chi connectivity index (χ0) is 19.5. The topological polar surface area (TPSA) is 12.0 Å². The molecule has 3 rings (SSSR count). The van der Waals surface area contributed by atoms with Crippen LogP contribution < -0.4 is 15.0 Å². The number of benzene rings is 2. The first-order valence-electron chi connectivity index (χ1n) is 10.1. The van der Waals surface area contributed by atoms with Crippen molar-refractivity contribution in [3.05, 3.63) is 83.6 Å². The first-order chi connectivity index (χ1) is 12.8. The van der Waals surface area contributed by atoms with Crippen molar-refractivity contribution >= 4 is 26.8 Å². The lowest BCUT2D eigenvalue weighted by molar-refractivity contribution is 0.649. The molecule has 0 unspecified atom stereocenters. The van der Waals surface area contributed by atoms with Gasteiger partial charge in [0.25, 0.3) is 0 Å². The Bertz CT molecular complexity index is 775. The van der Waals surface area contributed by atoms with Crippen molar-refractivity contribution in [1.82, 2.24) is 4.65 Å². The maximum absolute atomic E-state index is 4.33. The maximum atomic E-state index is 4.33. The van der Waals surface area contributed by atoms with Gasteiger partial charge in [0.15, 0.2) is 0 Å². The third-order valence-corrected chi connectivity index (χ3v) is 13.4. The highest BCUT2D eigenvalue weighted by molar-refractivity contribution is 7.11. The van der Waals surface area contributed by atoms with E-state index in [1.54, 1.807) is 10.8 Å². The summed E-state index contributed by atoms with van der Waals surface area (Å²) in [6, 6.07) is 22.5. The number of allylic oxidation sites excluding steroid dienone is 4. The van der Waals surface area contributed by atoms with E-state index >= 15 is 0 Å². The van der Waals surface area contributed by atoms with Gasteiger partial charge in [-0.05, 0) is 29.1 Å². The van der Waals surface area contributed by atoms with E-state index in [9.17, 15) is 0 Å². The summed E-state index contributed by atoms with van der Waals surface area (Å²) in [5, 5.41) is 4.63. The lowest BCUT2D eigenvalue weighted by atomic mass is 10.0. The number of hydrogen-bond donors (Lipinski definition) is 1. The van der Waals surface area contributed by atoms with Crippen LogP contribution in [0.1, 0.15) is 26.7 Å². The molecule has 0 amide bonds.